The van der Waals surface area contributed by atoms with Gasteiger partial charge in [-0.15, -0.1) is 0 Å². The molecular weight excluding hydrogens is 362 g/mol. The van der Waals surface area contributed by atoms with E-state index >= 15 is 0 Å². The second-order valence-electron chi connectivity index (χ2n) is 6.32. The van der Waals surface area contributed by atoms with Crippen LogP contribution in [0.4, 0.5) is 4.79 Å². The molecule has 1 N–H and O–H groups in total. The first-order chi connectivity index (χ1) is 13.3. The highest BCUT2D eigenvalue weighted by Crippen LogP contribution is 2.21. The van der Waals surface area contributed by atoms with Gasteiger partial charge >= 0.3 is 12.1 Å². The minimum atomic E-state index is -0.575. The summed E-state index contributed by atoms with van der Waals surface area (Å²) in [7, 11) is 1.31. The van der Waals surface area contributed by atoms with E-state index in [1.807, 2.05) is 13.8 Å². The molecule has 8 nitrogen and oxygen atoms in total. The van der Waals surface area contributed by atoms with Gasteiger partial charge in [-0.3, -0.25) is 0 Å². The van der Waals surface area contributed by atoms with Gasteiger partial charge in [0.25, 0.3) is 0 Å². The predicted molar refractivity (Wildman–Crippen MR) is 104 cm³/mol. The largest absolute Gasteiger partial charge is 0.465 e. The zero-order chi connectivity index (χ0) is 21.2. The lowest BCUT2D eigenvalue weighted by Crippen LogP contribution is -2.32. The number of hydrogen-bond acceptors (Lipinski definition) is 7. The maximum Gasteiger partial charge on any atom is 0.407 e. The zero-order valence-corrected chi connectivity index (χ0v) is 17.1. The standard InChI is InChI=1S/C18H21N3O5.C2H6/c1-18(2,3)26-17(23)19-10-13-9-15(21-11-20-13)25-14-7-5-6-12(8-14)16(22)24-4;1-2/h5-9,11H,10H2,1-4H3,(H,19,23);1-2H3. The molecule has 0 aliphatic carbocycles. The first kappa shape index (κ1) is 22.9. The van der Waals surface area contributed by atoms with Gasteiger partial charge in [0.1, 0.15) is 17.7 Å². The molecule has 0 saturated carbocycles. The summed E-state index contributed by atoms with van der Waals surface area (Å²) in [6.07, 6.45) is 0.787. The summed E-state index contributed by atoms with van der Waals surface area (Å²) in [5.41, 5.74) is 0.338. The Bertz CT molecular complexity index is 787. The van der Waals surface area contributed by atoms with E-state index in [4.69, 9.17) is 9.47 Å². The number of nitrogens with one attached hydrogen (secondary N) is 1. The Labute approximate surface area is 165 Å². The molecular formula is C20H27N3O5. The second kappa shape index (κ2) is 10.9. The minimum Gasteiger partial charge on any atom is -0.465 e. The van der Waals surface area contributed by atoms with E-state index in [0.29, 0.717) is 17.0 Å². The number of aromatic nitrogens is 2. The number of ether oxygens (including phenoxy) is 3. The van der Waals surface area contributed by atoms with E-state index in [-0.39, 0.29) is 12.4 Å². The maximum atomic E-state index is 11.7. The third kappa shape index (κ3) is 8.03. The molecule has 2 aromatic rings. The molecule has 1 amide bonds. The van der Waals surface area contributed by atoms with Gasteiger partial charge in [0.2, 0.25) is 5.88 Å². The molecule has 152 valence electrons. The van der Waals surface area contributed by atoms with E-state index < -0.39 is 17.7 Å². The summed E-state index contributed by atoms with van der Waals surface area (Å²) in [4.78, 5) is 31.3. The van der Waals surface area contributed by atoms with Crippen LogP contribution in [0, 0.1) is 0 Å². The average Bonchev–Trinajstić information content (AvgIpc) is 2.66. The Balaban J connectivity index is 0.00000190. The van der Waals surface area contributed by atoms with Crippen molar-refractivity contribution in [3.05, 3.63) is 47.9 Å². The highest BCUT2D eigenvalue weighted by Gasteiger charge is 2.16. The second-order valence-corrected chi connectivity index (χ2v) is 6.32. The number of nitrogens with zero attached hydrogens (tertiary/aromatic N) is 2. The number of amides is 1. The third-order valence-electron chi connectivity index (χ3n) is 2.99. The Morgan fingerprint density at radius 2 is 1.82 bits per heavy atom. The maximum absolute atomic E-state index is 11.7. The number of hydrogen-bond donors (Lipinski definition) is 1. The zero-order valence-electron chi connectivity index (χ0n) is 17.1. The van der Waals surface area contributed by atoms with Crippen LogP contribution in [0.1, 0.15) is 50.7 Å². The summed E-state index contributed by atoms with van der Waals surface area (Å²) in [5, 5.41) is 2.61. The number of methoxy groups -OCH3 is 1. The molecule has 0 fully saturated rings. The molecule has 0 saturated heterocycles. The molecule has 0 aliphatic heterocycles. The average molecular weight is 389 g/mol. The van der Waals surface area contributed by atoms with Crippen LogP contribution >= 0.6 is 0 Å². The molecule has 1 aromatic heterocycles. The number of esters is 1. The topological polar surface area (TPSA) is 99.6 Å². The number of benzene rings is 1. The van der Waals surface area contributed by atoms with Crippen LogP contribution in [0.3, 0.4) is 0 Å². The number of alkyl carbamates (subject to hydrolysis) is 1. The van der Waals surface area contributed by atoms with Crippen LogP contribution in [-0.2, 0) is 16.0 Å². The van der Waals surface area contributed by atoms with Gasteiger partial charge in [-0.2, -0.15) is 0 Å². The number of carbonyl (C=O) groups excluding carboxylic acids is 2. The Kier molecular flexibility index (Phi) is 8.87. The lowest BCUT2D eigenvalue weighted by molar-refractivity contribution is 0.0521. The van der Waals surface area contributed by atoms with Gasteiger partial charge in [0.15, 0.2) is 0 Å². The lowest BCUT2D eigenvalue weighted by Gasteiger charge is -2.19. The Morgan fingerprint density at radius 1 is 1.11 bits per heavy atom. The van der Waals surface area contributed by atoms with Crippen LogP contribution in [0.5, 0.6) is 11.6 Å². The van der Waals surface area contributed by atoms with Gasteiger partial charge in [0, 0.05) is 6.07 Å². The van der Waals surface area contributed by atoms with E-state index in [0.717, 1.165) is 0 Å². The van der Waals surface area contributed by atoms with E-state index in [1.54, 1.807) is 51.1 Å². The lowest BCUT2D eigenvalue weighted by atomic mass is 10.2. The molecule has 0 aliphatic rings. The van der Waals surface area contributed by atoms with Crippen molar-refractivity contribution in [3.63, 3.8) is 0 Å². The molecule has 2 rings (SSSR count). The Hall–Kier alpha value is -3.16. The van der Waals surface area contributed by atoms with Crippen molar-refractivity contribution in [2.24, 2.45) is 0 Å². The monoisotopic (exact) mass is 389 g/mol. The number of rotatable bonds is 5. The van der Waals surface area contributed by atoms with E-state index in [1.165, 1.54) is 13.4 Å². The highest BCUT2D eigenvalue weighted by molar-refractivity contribution is 5.89. The summed E-state index contributed by atoms with van der Waals surface area (Å²) in [6.45, 7) is 9.51. The summed E-state index contributed by atoms with van der Waals surface area (Å²) >= 11 is 0. The first-order valence-corrected chi connectivity index (χ1v) is 8.91. The minimum absolute atomic E-state index is 0.163. The van der Waals surface area contributed by atoms with Crippen molar-refractivity contribution in [2.75, 3.05) is 7.11 Å². The van der Waals surface area contributed by atoms with Crippen LogP contribution in [0.25, 0.3) is 0 Å². The Morgan fingerprint density at radius 3 is 2.46 bits per heavy atom. The number of carbonyl (C=O) groups is 2. The van der Waals surface area contributed by atoms with Crippen LogP contribution < -0.4 is 10.1 Å². The van der Waals surface area contributed by atoms with Crippen molar-refractivity contribution < 1.29 is 23.8 Å². The molecule has 0 unspecified atom stereocenters. The van der Waals surface area contributed by atoms with Crippen molar-refractivity contribution in [2.45, 2.75) is 46.8 Å². The molecule has 1 aromatic carbocycles. The van der Waals surface area contributed by atoms with Crippen LogP contribution in [0.2, 0.25) is 0 Å². The molecule has 0 spiro atoms. The SMILES string of the molecule is CC.COC(=O)c1cccc(Oc2cc(CNC(=O)OC(C)(C)C)ncn2)c1. The fourth-order valence-electron chi connectivity index (χ4n) is 1.93. The van der Waals surface area contributed by atoms with Crippen molar-refractivity contribution in [1.29, 1.82) is 0 Å². The normalized spacial score (nSPS) is 10.2. The van der Waals surface area contributed by atoms with Gasteiger partial charge < -0.3 is 19.5 Å². The van der Waals surface area contributed by atoms with Gasteiger partial charge in [-0.05, 0) is 39.0 Å². The van der Waals surface area contributed by atoms with E-state index in [9.17, 15) is 9.59 Å². The molecule has 8 heteroatoms. The molecule has 28 heavy (non-hydrogen) atoms. The highest BCUT2D eigenvalue weighted by atomic mass is 16.6. The first-order valence-electron chi connectivity index (χ1n) is 8.91. The summed E-state index contributed by atoms with van der Waals surface area (Å²) in [5.74, 6) is 0.251. The van der Waals surface area contributed by atoms with Crippen LogP contribution in [-0.4, -0.2) is 34.7 Å². The third-order valence-corrected chi connectivity index (χ3v) is 2.99. The predicted octanol–water partition coefficient (Wildman–Crippen LogP) is 4.11. The summed E-state index contributed by atoms with van der Waals surface area (Å²) < 4.78 is 15.5. The van der Waals surface area contributed by atoms with E-state index in [2.05, 4.69) is 20.0 Å². The summed E-state index contributed by atoms with van der Waals surface area (Å²) in [6, 6.07) is 8.12. The molecule has 0 bridgehead atoms. The van der Waals surface area contributed by atoms with Crippen molar-refractivity contribution in [1.82, 2.24) is 15.3 Å². The van der Waals surface area contributed by atoms with Gasteiger partial charge in [-0.1, -0.05) is 19.9 Å². The van der Waals surface area contributed by atoms with Crippen molar-refractivity contribution in [3.8, 4) is 11.6 Å². The van der Waals surface area contributed by atoms with Gasteiger partial charge in [0.05, 0.1) is 24.9 Å². The van der Waals surface area contributed by atoms with Crippen LogP contribution in [0.15, 0.2) is 36.7 Å². The molecule has 0 radical (unpaired) electrons. The van der Waals surface area contributed by atoms with Crippen molar-refractivity contribution >= 4 is 12.1 Å². The fraction of sp³-hybridized carbons (Fsp3) is 0.400. The molecule has 0 atom stereocenters. The fourth-order valence-corrected chi connectivity index (χ4v) is 1.93. The smallest absolute Gasteiger partial charge is 0.407 e. The molecule has 1 heterocycles. The quantitative estimate of drug-likeness (QED) is 0.768. The van der Waals surface area contributed by atoms with Gasteiger partial charge in [-0.25, -0.2) is 19.6 Å².